The number of rotatable bonds is 7. The molecule has 0 atom stereocenters. The average Bonchev–Trinajstić information content (AvgIpc) is 2.48. The minimum Gasteiger partial charge on any atom is -0.480 e. The van der Waals surface area contributed by atoms with Gasteiger partial charge in [0, 0.05) is 12.7 Å². The first-order valence-corrected chi connectivity index (χ1v) is 8.84. The zero-order valence-corrected chi connectivity index (χ0v) is 13.6. The number of aliphatic carboxylic acids is 1. The van der Waals surface area contributed by atoms with E-state index in [9.17, 15) is 23.1 Å². The van der Waals surface area contributed by atoms with Crippen LogP contribution in [0.5, 0.6) is 0 Å². The largest absolute Gasteiger partial charge is 0.480 e. The average molecular weight is 341 g/mol. The summed E-state index contributed by atoms with van der Waals surface area (Å²) in [5.74, 6) is -1.71. The molecular formula is C15H19NO6S. The predicted octanol–water partition coefficient (Wildman–Crippen LogP) is 0.844. The van der Waals surface area contributed by atoms with Crippen LogP contribution in [0.3, 0.4) is 0 Å². The number of hydrogen-bond acceptors (Lipinski definition) is 5. The van der Waals surface area contributed by atoms with Crippen LogP contribution in [0.2, 0.25) is 0 Å². The SMILES string of the molecule is COCCS(=O)(=O)c1ccc(C(=O)NC2(C(=O)O)CCC2)cc1. The number of methoxy groups -OCH3 is 1. The van der Waals surface area contributed by atoms with E-state index in [4.69, 9.17) is 4.74 Å². The summed E-state index contributed by atoms with van der Waals surface area (Å²) in [6, 6.07) is 5.44. The molecule has 0 heterocycles. The molecule has 1 aliphatic carbocycles. The van der Waals surface area contributed by atoms with Crippen molar-refractivity contribution in [1.82, 2.24) is 5.32 Å². The Morgan fingerprint density at radius 2 is 1.87 bits per heavy atom. The maximum absolute atomic E-state index is 12.1. The molecule has 126 valence electrons. The third-order valence-electron chi connectivity index (χ3n) is 4.00. The molecule has 2 rings (SSSR count). The number of ether oxygens (including phenoxy) is 1. The van der Waals surface area contributed by atoms with E-state index in [0.717, 1.165) is 6.42 Å². The molecule has 1 aromatic rings. The Kier molecular flexibility index (Phi) is 5.06. The Balaban J connectivity index is 2.10. The maximum atomic E-state index is 12.1. The minimum atomic E-state index is -3.46. The highest BCUT2D eigenvalue weighted by molar-refractivity contribution is 7.91. The van der Waals surface area contributed by atoms with Crippen LogP contribution in [0.1, 0.15) is 29.6 Å². The quantitative estimate of drug-likeness (QED) is 0.761. The van der Waals surface area contributed by atoms with Crippen LogP contribution in [-0.4, -0.2) is 50.4 Å². The van der Waals surface area contributed by atoms with Crippen molar-refractivity contribution in [2.45, 2.75) is 29.7 Å². The fourth-order valence-electron chi connectivity index (χ4n) is 2.34. The molecular weight excluding hydrogens is 322 g/mol. The van der Waals surface area contributed by atoms with E-state index in [1.54, 1.807) is 0 Å². The highest BCUT2D eigenvalue weighted by Gasteiger charge is 2.45. The van der Waals surface area contributed by atoms with E-state index in [0.29, 0.717) is 12.8 Å². The topological polar surface area (TPSA) is 110 Å². The van der Waals surface area contributed by atoms with Gasteiger partial charge in [0.2, 0.25) is 0 Å². The fourth-order valence-corrected chi connectivity index (χ4v) is 3.51. The lowest BCUT2D eigenvalue weighted by atomic mass is 9.76. The molecule has 0 spiro atoms. The van der Waals surface area contributed by atoms with Gasteiger partial charge in [-0.15, -0.1) is 0 Å². The van der Waals surface area contributed by atoms with Crippen molar-refractivity contribution in [2.24, 2.45) is 0 Å². The Morgan fingerprint density at radius 3 is 2.30 bits per heavy atom. The summed E-state index contributed by atoms with van der Waals surface area (Å²) in [4.78, 5) is 23.5. The van der Waals surface area contributed by atoms with Gasteiger partial charge in [-0.25, -0.2) is 13.2 Å². The van der Waals surface area contributed by atoms with Gasteiger partial charge < -0.3 is 15.2 Å². The summed E-state index contributed by atoms with van der Waals surface area (Å²) < 4.78 is 28.7. The second-order valence-corrected chi connectivity index (χ2v) is 7.64. The molecule has 8 heteroatoms. The number of carboxylic acids is 1. The smallest absolute Gasteiger partial charge is 0.329 e. The van der Waals surface area contributed by atoms with E-state index in [1.807, 2.05) is 0 Å². The molecule has 2 N–H and O–H groups in total. The molecule has 0 aromatic heterocycles. The van der Waals surface area contributed by atoms with Crippen LogP contribution < -0.4 is 5.32 Å². The molecule has 0 bridgehead atoms. The third-order valence-corrected chi connectivity index (χ3v) is 5.70. The van der Waals surface area contributed by atoms with E-state index in [1.165, 1.54) is 31.4 Å². The molecule has 7 nitrogen and oxygen atoms in total. The van der Waals surface area contributed by atoms with Gasteiger partial charge in [0.1, 0.15) is 5.54 Å². The summed E-state index contributed by atoms with van der Waals surface area (Å²) in [7, 11) is -2.04. The predicted molar refractivity (Wildman–Crippen MR) is 82.1 cm³/mol. The van der Waals surface area contributed by atoms with Gasteiger partial charge in [-0.05, 0) is 43.5 Å². The number of nitrogens with one attached hydrogen (secondary N) is 1. The minimum absolute atomic E-state index is 0.0890. The molecule has 0 unspecified atom stereocenters. The highest BCUT2D eigenvalue weighted by Crippen LogP contribution is 2.32. The lowest BCUT2D eigenvalue weighted by Crippen LogP contribution is -2.59. The van der Waals surface area contributed by atoms with E-state index < -0.39 is 27.3 Å². The van der Waals surface area contributed by atoms with Gasteiger partial charge in [-0.3, -0.25) is 4.79 Å². The number of sulfone groups is 1. The zero-order valence-electron chi connectivity index (χ0n) is 12.7. The van der Waals surface area contributed by atoms with Crippen molar-refractivity contribution in [1.29, 1.82) is 0 Å². The second-order valence-electron chi connectivity index (χ2n) is 5.53. The Hall–Kier alpha value is -1.93. The summed E-state index contributed by atoms with van der Waals surface area (Å²) in [6.07, 6.45) is 1.55. The van der Waals surface area contributed by atoms with Gasteiger partial charge in [0.15, 0.2) is 9.84 Å². The monoisotopic (exact) mass is 341 g/mol. The Bertz CT molecular complexity index is 691. The van der Waals surface area contributed by atoms with Crippen LogP contribution in [-0.2, 0) is 19.4 Å². The van der Waals surface area contributed by atoms with E-state index in [-0.39, 0.29) is 22.8 Å². The lowest BCUT2D eigenvalue weighted by molar-refractivity contribution is -0.148. The number of hydrogen-bond donors (Lipinski definition) is 2. The van der Waals surface area contributed by atoms with Crippen molar-refractivity contribution in [3.8, 4) is 0 Å². The van der Waals surface area contributed by atoms with Crippen molar-refractivity contribution in [3.05, 3.63) is 29.8 Å². The van der Waals surface area contributed by atoms with Gasteiger partial charge in [0.05, 0.1) is 17.3 Å². The molecule has 1 aromatic carbocycles. The summed E-state index contributed by atoms with van der Waals surface area (Å²) in [6.45, 7) is 0.0890. The fraction of sp³-hybridized carbons (Fsp3) is 0.467. The summed E-state index contributed by atoms with van der Waals surface area (Å²) in [5, 5.41) is 11.7. The number of amides is 1. The van der Waals surface area contributed by atoms with E-state index >= 15 is 0 Å². The van der Waals surface area contributed by atoms with Crippen molar-refractivity contribution < 1.29 is 27.9 Å². The molecule has 0 radical (unpaired) electrons. The molecule has 0 aliphatic heterocycles. The molecule has 23 heavy (non-hydrogen) atoms. The van der Waals surface area contributed by atoms with Gasteiger partial charge >= 0.3 is 5.97 Å². The van der Waals surface area contributed by atoms with Crippen LogP contribution in [0.4, 0.5) is 0 Å². The molecule has 1 aliphatic rings. The van der Waals surface area contributed by atoms with Crippen LogP contribution in [0, 0.1) is 0 Å². The molecule has 1 amide bonds. The first-order chi connectivity index (χ1) is 10.8. The van der Waals surface area contributed by atoms with Gasteiger partial charge in [-0.1, -0.05) is 0 Å². The second kappa shape index (κ2) is 6.67. The van der Waals surface area contributed by atoms with Crippen molar-refractivity contribution in [3.63, 3.8) is 0 Å². The Morgan fingerprint density at radius 1 is 1.26 bits per heavy atom. The van der Waals surface area contributed by atoms with Gasteiger partial charge in [-0.2, -0.15) is 0 Å². The van der Waals surface area contributed by atoms with Crippen LogP contribution >= 0.6 is 0 Å². The standard InChI is InChI=1S/C15H19NO6S/c1-22-9-10-23(20,21)12-5-3-11(4-6-12)13(17)16-15(14(18)19)7-2-8-15/h3-6H,2,7-10H2,1H3,(H,16,17)(H,18,19). The number of benzene rings is 1. The summed E-state index contributed by atoms with van der Waals surface area (Å²) in [5.41, 5.74) is -0.969. The van der Waals surface area contributed by atoms with Crippen molar-refractivity contribution in [2.75, 3.05) is 19.5 Å². The molecule has 1 saturated carbocycles. The summed E-state index contributed by atoms with van der Waals surface area (Å²) >= 11 is 0. The number of carbonyl (C=O) groups is 2. The van der Waals surface area contributed by atoms with Crippen LogP contribution in [0.25, 0.3) is 0 Å². The third kappa shape index (κ3) is 3.70. The highest BCUT2D eigenvalue weighted by atomic mass is 32.2. The normalized spacial score (nSPS) is 16.4. The number of carboxylic acid groups (broad SMARTS) is 1. The van der Waals surface area contributed by atoms with Crippen molar-refractivity contribution >= 4 is 21.7 Å². The number of carbonyl (C=O) groups excluding carboxylic acids is 1. The van der Waals surface area contributed by atoms with Crippen LogP contribution in [0.15, 0.2) is 29.2 Å². The molecule has 0 saturated heterocycles. The van der Waals surface area contributed by atoms with E-state index in [2.05, 4.69) is 5.32 Å². The first kappa shape index (κ1) is 17.4. The van der Waals surface area contributed by atoms with Gasteiger partial charge in [0.25, 0.3) is 5.91 Å². The Labute approximate surface area is 134 Å². The maximum Gasteiger partial charge on any atom is 0.329 e. The first-order valence-electron chi connectivity index (χ1n) is 7.18. The molecule has 1 fully saturated rings. The zero-order chi connectivity index (χ0) is 17.1. The lowest BCUT2D eigenvalue weighted by Gasteiger charge is -2.38.